The third-order valence-corrected chi connectivity index (χ3v) is 6.44. The fourth-order valence-corrected chi connectivity index (χ4v) is 4.68. The van der Waals surface area contributed by atoms with Crippen LogP contribution in [0.5, 0.6) is 5.75 Å². The third kappa shape index (κ3) is 4.83. The summed E-state index contributed by atoms with van der Waals surface area (Å²) in [6.45, 7) is 4.15. The molecule has 0 unspecified atom stereocenters. The second-order valence-corrected chi connectivity index (χ2v) is 8.45. The topological polar surface area (TPSA) is 107 Å². The Labute approximate surface area is 190 Å². The molecular formula is C21H27N5O5S. The lowest BCUT2D eigenvalue weighted by Crippen LogP contribution is -2.34. The largest absolute Gasteiger partial charge is 0.491 e. The minimum atomic E-state index is -0.551. The molecule has 2 aliphatic rings. The van der Waals surface area contributed by atoms with Crippen LogP contribution >= 0.6 is 11.7 Å². The average Bonchev–Trinajstić information content (AvgIpc) is 3.26. The fraction of sp³-hybridized carbons (Fsp3) is 0.571. The quantitative estimate of drug-likeness (QED) is 0.588. The maximum atomic E-state index is 12.9. The molecule has 1 fully saturated rings. The third-order valence-electron chi connectivity index (χ3n) is 5.96. The minimum Gasteiger partial charge on any atom is -0.491 e. The van der Waals surface area contributed by atoms with E-state index >= 15 is 0 Å². The molecule has 0 N–H and O–H groups in total. The fourth-order valence-electron chi connectivity index (χ4n) is 4.28. The number of carbonyl (C=O) groups is 2. The van der Waals surface area contributed by atoms with Crippen molar-refractivity contribution >= 4 is 23.6 Å². The Kier molecular flexibility index (Phi) is 7.15. The van der Waals surface area contributed by atoms with Crippen LogP contribution in [0.2, 0.25) is 0 Å². The van der Waals surface area contributed by atoms with E-state index in [2.05, 4.69) is 13.6 Å². The first kappa shape index (κ1) is 22.4. The number of nitrogens with zero attached hydrogens (tertiary/aromatic N) is 5. The van der Waals surface area contributed by atoms with Crippen LogP contribution in [0.1, 0.15) is 45.8 Å². The van der Waals surface area contributed by atoms with Crippen molar-refractivity contribution in [2.75, 3.05) is 46.4 Å². The van der Waals surface area contributed by atoms with E-state index in [1.165, 1.54) is 43.2 Å². The number of fused-ring (bicyclic) bond motifs is 1. The Morgan fingerprint density at radius 2 is 1.94 bits per heavy atom. The number of esters is 1. The first-order valence-corrected chi connectivity index (χ1v) is 11.6. The summed E-state index contributed by atoms with van der Waals surface area (Å²) < 4.78 is 20.4. The average molecular weight is 462 g/mol. The van der Waals surface area contributed by atoms with Crippen molar-refractivity contribution in [1.29, 1.82) is 0 Å². The van der Waals surface area contributed by atoms with Crippen LogP contribution < -0.4 is 10.3 Å². The molecule has 4 heterocycles. The predicted molar refractivity (Wildman–Crippen MR) is 117 cm³/mol. The predicted octanol–water partition coefficient (Wildman–Crippen LogP) is 1.05. The summed E-state index contributed by atoms with van der Waals surface area (Å²) in [7, 11) is 1.31. The van der Waals surface area contributed by atoms with Gasteiger partial charge in [0.15, 0.2) is 5.69 Å². The van der Waals surface area contributed by atoms with E-state index in [0.29, 0.717) is 31.8 Å². The van der Waals surface area contributed by atoms with Gasteiger partial charge in [-0.1, -0.05) is 6.42 Å². The molecular weight excluding hydrogens is 434 g/mol. The van der Waals surface area contributed by atoms with Gasteiger partial charge in [0.25, 0.3) is 11.5 Å². The molecule has 0 atom stereocenters. The molecule has 172 valence electrons. The SMILES string of the molecule is COC(=O)c1c(OCCN2CCCCC2)cc(=O)n2c1CCN(C(=O)c1cnsn1)CC2. The minimum absolute atomic E-state index is 0.239. The maximum Gasteiger partial charge on any atom is 0.343 e. The lowest BCUT2D eigenvalue weighted by molar-refractivity contribution is 0.0592. The molecule has 1 amide bonds. The van der Waals surface area contributed by atoms with Crippen molar-refractivity contribution in [3.05, 3.63) is 39.6 Å². The zero-order valence-corrected chi connectivity index (χ0v) is 18.9. The van der Waals surface area contributed by atoms with Gasteiger partial charge < -0.3 is 18.9 Å². The van der Waals surface area contributed by atoms with Gasteiger partial charge >= 0.3 is 5.97 Å². The zero-order valence-electron chi connectivity index (χ0n) is 18.1. The molecule has 32 heavy (non-hydrogen) atoms. The first-order chi connectivity index (χ1) is 15.6. The number of pyridine rings is 1. The highest BCUT2D eigenvalue weighted by atomic mass is 32.1. The molecule has 0 aliphatic carbocycles. The smallest absolute Gasteiger partial charge is 0.343 e. The van der Waals surface area contributed by atoms with E-state index in [0.717, 1.165) is 31.4 Å². The van der Waals surface area contributed by atoms with Gasteiger partial charge in [0.2, 0.25) is 0 Å². The number of piperidine rings is 1. The standard InChI is InChI=1S/C21H27N5O5S/c1-30-21(29)19-16-5-8-25(20(28)15-14-22-32-23-15)9-10-26(16)18(27)13-17(19)31-12-11-24-6-3-2-4-7-24/h13-14H,2-12H2,1H3. The lowest BCUT2D eigenvalue weighted by atomic mass is 10.1. The molecule has 1 saturated heterocycles. The Morgan fingerprint density at radius 3 is 2.66 bits per heavy atom. The second-order valence-electron chi connectivity index (χ2n) is 7.90. The number of carbonyl (C=O) groups excluding carboxylic acids is 2. The number of likely N-dealkylation sites (tertiary alicyclic amines) is 1. The Bertz CT molecular complexity index is 1020. The summed E-state index contributed by atoms with van der Waals surface area (Å²) in [6, 6.07) is 1.35. The van der Waals surface area contributed by atoms with E-state index < -0.39 is 5.97 Å². The summed E-state index contributed by atoms with van der Waals surface area (Å²) in [5, 5.41) is 0. The molecule has 4 rings (SSSR count). The number of rotatable bonds is 6. The highest BCUT2D eigenvalue weighted by molar-refractivity contribution is 6.99. The number of ether oxygens (including phenoxy) is 2. The van der Waals surface area contributed by atoms with Crippen LogP contribution in [0.3, 0.4) is 0 Å². The van der Waals surface area contributed by atoms with E-state index in [1.807, 2.05) is 0 Å². The van der Waals surface area contributed by atoms with E-state index in [-0.39, 0.29) is 35.0 Å². The normalized spacial score (nSPS) is 16.8. The molecule has 0 saturated carbocycles. The van der Waals surface area contributed by atoms with Gasteiger partial charge in [-0.3, -0.25) is 14.5 Å². The van der Waals surface area contributed by atoms with Gasteiger partial charge in [0.05, 0.1) is 25.0 Å². The molecule has 0 aromatic carbocycles. The van der Waals surface area contributed by atoms with Crippen molar-refractivity contribution in [2.45, 2.75) is 32.2 Å². The van der Waals surface area contributed by atoms with Crippen LogP contribution in [0, 0.1) is 0 Å². The number of hydrogen-bond acceptors (Lipinski definition) is 9. The summed E-state index contributed by atoms with van der Waals surface area (Å²) in [5.41, 5.74) is 0.813. The molecule has 0 radical (unpaired) electrons. The van der Waals surface area contributed by atoms with Crippen LogP contribution in [0.15, 0.2) is 17.1 Å². The monoisotopic (exact) mass is 461 g/mol. The van der Waals surface area contributed by atoms with Gasteiger partial charge in [-0.2, -0.15) is 8.75 Å². The van der Waals surface area contributed by atoms with Crippen LogP contribution in [-0.2, 0) is 17.7 Å². The van der Waals surface area contributed by atoms with Crippen molar-refractivity contribution in [1.82, 2.24) is 23.1 Å². The van der Waals surface area contributed by atoms with Gasteiger partial charge in [0.1, 0.15) is 17.9 Å². The lowest BCUT2D eigenvalue weighted by Gasteiger charge is -2.26. The molecule has 2 aliphatic heterocycles. The maximum absolute atomic E-state index is 12.9. The van der Waals surface area contributed by atoms with E-state index in [9.17, 15) is 14.4 Å². The van der Waals surface area contributed by atoms with E-state index in [1.54, 1.807) is 4.90 Å². The summed E-state index contributed by atoms with van der Waals surface area (Å²) in [5.74, 6) is -0.545. The van der Waals surface area contributed by atoms with Gasteiger partial charge in [-0.15, -0.1) is 0 Å². The zero-order chi connectivity index (χ0) is 22.5. The molecule has 11 heteroatoms. The Morgan fingerprint density at radius 1 is 1.12 bits per heavy atom. The Hall–Kier alpha value is -2.79. The van der Waals surface area contributed by atoms with Crippen LogP contribution in [0.25, 0.3) is 0 Å². The van der Waals surface area contributed by atoms with Gasteiger partial charge in [0, 0.05) is 44.4 Å². The number of methoxy groups -OCH3 is 1. The molecule has 0 spiro atoms. The van der Waals surface area contributed by atoms with Crippen molar-refractivity contribution in [3.63, 3.8) is 0 Å². The second kappa shape index (κ2) is 10.2. The summed E-state index contributed by atoms with van der Waals surface area (Å²) >= 11 is 0.972. The van der Waals surface area contributed by atoms with Crippen molar-refractivity contribution in [3.8, 4) is 5.75 Å². The number of aromatic nitrogens is 3. The number of amides is 1. The van der Waals surface area contributed by atoms with Crippen LogP contribution in [0.4, 0.5) is 0 Å². The highest BCUT2D eigenvalue weighted by Crippen LogP contribution is 2.24. The summed E-state index contributed by atoms with van der Waals surface area (Å²) in [4.78, 5) is 42.2. The molecule has 2 aromatic heterocycles. The van der Waals surface area contributed by atoms with Gasteiger partial charge in [-0.05, 0) is 25.9 Å². The van der Waals surface area contributed by atoms with Crippen molar-refractivity contribution < 1.29 is 19.1 Å². The van der Waals surface area contributed by atoms with Crippen molar-refractivity contribution in [2.24, 2.45) is 0 Å². The Balaban J connectivity index is 1.55. The molecule has 0 bridgehead atoms. The number of hydrogen-bond donors (Lipinski definition) is 0. The van der Waals surface area contributed by atoms with Gasteiger partial charge in [-0.25, -0.2) is 4.79 Å². The highest BCUT2D eigenvalue weighted by Gasteiger charge is 2.28. The first-order valence-electron chi connectivity index (χ1n) is 10.9. The molecule has 10 nitrogen and oxygen atoms in total. The van der Waals surface area contributed by atoms with E-state index in [4.69, 9.17) is 9.47 Å². The van der Waals surface area contributed by atoms with Crippen LogP contribution in [-0.4, -0.2) is 81.4 Å². The molecule has 2 aromatic rings. The summed E-state index contributed by atoms with van der Waals surface area (Å²) in [6.07, 6.45) is 5.38.